The molecule has 0 unspecified atom stereocenters. The maximum atomic E-state index is 5.47. The Morgan fingerprint density at radius 3 is 2.27 bits per heavy atom. The SMILES string of the molecule is CCN(CCN)CCC(C)C. The number of hydrogen-bond acceptors (Lipinski definition) is 2. The molecule has 0 aliphatic heterocycles. The smallest absolute Gasteiger partial charge is 0.0104 e. The zero-order valence-corrected chi connectivity index (χ0v) is 8.14. The molecule has 0 rings (SSSR count). The van der Waals surface area contributed by atoms with Gasteiger partial charge in [0, 0.05) is 13.1 Å². The summed E-state index contributed by atoms with van der Waals surface area (Å²) in [5.41, 5.74) is 5.47. The van der Waals surface area contributed by atoms with Crippen molar-refractivity contribution in [3.63, 3.8) is 0 Å². The summed E-state index contributed by atoms with van der Waals surface area (Å²) in [6, 6.07) is 0. The summed E-state index contributed by atoms with van der Waals surface area (Å²) < 4.78 is 0. The summed E-state index contributed by atoms with van der Waals surface area (Å²) in [6.07, 6.45) is 1.29. The van der Waals surface area contributed by atoms with Crippen LogP contribution in [0.3, 0.4) is 0 Å². The molecule has 2 heteroatoms. The second-order valence-electron chi connectivity index (χ2n) is 3.41. The molecule has 11 heavy (non-hydrogen) atoms. The quantitative estimate of drug-likeness (QED) is 0.631. The molecule has 0 aromatic heterocycles. The van der Waals surface area contributed by atoms with Gasteiger partial charge in [-0.1, -0.05) is 20.8 Å². The first-order valence-electron chi connectivity index (χ1n) is 4.63. The number of nitrogens with zero attached hydrogens (tertiary/aromatic N) is 1. The lowest BCUT2D eigenvalue weighted by atomic mass is 10.1. The average Bonchev–Trinajstić information content (AvgIpc) is 1.97. The molecule has 0 aliphatic carbocycles. The highest BCUT2D eigenvalue weighted by molar-refractivity contribution is 4.57. The molecule has 0 aromatic rings. The molecule has 0 aromatic carbocycles. The van der Waals surface area contributed by atoms with Crippen LogP contribution in [0.25, 0.3) is 0 Å². The number of nitrogens with two attached hydrogens (primary N) is 1. The van der Waals surface area contributed by atoms with Crippen LogP contribution in [0.5, 0.6) is 0 Å². The first kappa shape index (κ1) is 10.9. The van der Waals surface area contributed by atoms with Crippen LogP contribution in [0.2, 0.25) is 0 Å². The van der Waals surface area contributed by atoms with E-state index in [1.165, 1.54) is 13.0 Å². The maximum Gasteiger partial charge on any atom is 0.0104 e. The van der Waals surface area contributed by atoms with Crippen molar-refractivity contribution in [3.8, 4) is 0 Å². The molecule has 0 amide bonds. The zero-order chi connectivity index (χ0) is 8.69. The van der Waals surface area contributed by atoms with Gasteiger partial charge in [-0.25, -0.2) is 0 Å². The van der Waals surface area contributed by atoms with Gasteiger partial charge >= 0.3 is 0 Å². The van der Waals surface area contributed by atoms with Crippen molar-refractivity contribution < 1.29 is 0 Å². The molecule has 0 saturated heterocycles. The van der Waals surface area contributed by atoms with Crippen molar-refractivity contribution in [3.05, 3.63) is 0 Å². The van der Waals surface area contributed by atoms with E-state index >= 15 is 0 Å². The lowest BCUT2D eigenvalue weighted by Crippen LogP contribution is -2.30. The Morgan fingerprint density at radius 2 is 1.91 bits per heavy atom. The van der Waals surface area contributed by atoms with Gasteiger partial charge in [-0.15, -0.1) is 0 Å². The minimum atomic E-state index is 0.784. The molecule has 0 saturated carbocycles. The van der Waals surface area contributed by atoms with Crippen LogP contribution in [-0.2, 0) is 0 Å². The van der Waals surface area contributed by atoms with Crippen molar-refractivity contribution in [2.75, 3.05) is 26.2 Å². The Bertz CT molecular complexity index is 81.6. The predicted octanol–water partition coefficient (Wildman–Crippen LogP) is 1.31. The van der Waals surface area contributed by atoms with Crippen molar-refractivity contribution in [1.82, 2.24) is 4.90 Å². The summed E-state index contributed by atoms with van der Waals surface area (Å²) >= 11 is 0. The molecule has 0 aliphatic rings. The third kappa shape index (κ3) is 6.32. The Labute approximate surface area is 70.8 Å². The average molecular weight is 158 g/mol. The van der Waals surface area contributed by atoms with Gasteiger partial charge < -0.3 is 10.6 Å². The topological polar surface area (TPSA) is 29.3 Å². The van der Waals surface area contributed by atoms with Crippen LogP contribution >= 0.6 is 0 Å². The van der Waals surface area contributed by atoms with E-state index in [2.05, 4.69) is 25.7 Å². The Kier molecular flexibility index (Phi) is 6.57. The first-order valence-corrected chi connectivity index (χ1v) is 4.63. The van der Waals surface area contributed by atoms with Crippen molar-refractivity contribution >= 4 is 0 Å². The standard InChI is InChI=1S/C9H22N2/c1-4-11(8-6-10)7-5-9(2)3/h9H,4-8,10H2,1-3H3. The molecule has 68 valence electrons. The fourth-order valence-corrected chi connectivity index (χ4v) is 1.05. The normalized spacial score (nSPS) is 11.5. The molecule has 0 atom stereocenters. The van der Waals surface area contributed by atoms with Gasteiger partial charge in [-0.2, -0.15) is 0 Å². The van der Waals surface area contributed by atoms with Gasteiger partial charge in [0.2, 0.25) is 0 Å². The van der Waals surface area contributed by atoms with Gasteiger partial charge in [0.15, 0.2) is 0 Å². The van der Waals surface area contributed by atoms with Crippen LogP contribution in [0.4, 0.5) is 0 Å². The van der Waals surface area contributed by atoms with E-state index in [0.29, 0.717) is 0 Å². The minimum absolute atomic E-state index is 0.784. The lowest BCUT2D eigenvalue weighted by Gasteiger charge is -2.20. The van der Waals surface area contributed by atoms with Crippen molar-refractivity contribution in [2.24, 2.45) is 11.7 Å². The zero-order valence-electron chi connectivity index (χ0n) is 8.14. The maximum absolute atomic E-state index is 5.47. The summed E-state index contributed by atoms with van der Waals surface area (Å²) in [5.74, 6) is 0.807. The Balaban J connectivity index is 3.35. The number of hydrogen-bond donors (Lipinski definition) is 1. The third-order valence-electron chi connectivity index (χ3n) is 1.92. The Morgan fingerprint density at radius 1 is 1.27 bits per heavy atom. The van der Waals surface area contributed by atoms with E-state index in [9.17, 15) is 0 Å². The second kappa shape index (κ2) is 6.62. The van der Waals surface area contributed by atoms with E-state index in [4.69, 9.17) is 5.73 Å². The molecule has 2 nitrogen and oxygen atoms in total. The van der Waals surface area contributed by atoms with E-state index in [1.807, 2.05) is 0 Å². The largest absolute Gasteiger partial charge is 0.329 e. The molecule has 0 bridgehead atoms. The number of rotatable bonds is 6. The predicted molar refractivity (Wildman–Crippen MR) is 50.6 cm³/mol. The fourth-order valence-electron chi connectivity index (χ4n) is 1.05. The van der Waals surface area contributed by atoms with Gasteiger partial charge in [0.05, 0.1) is 0 Å². The van der Waals surface area contributed by atoms with Crippen molar-refractivity contribution in [2.45, 2.75) is 27.2 Å². The molecule has 0 heterocycles. The van der Waals surface area contributed by atoms with Crippen LogP contribution in [0.15, 0.2) is 0 Å². The van der Waals surface area contributed by atoms with E-state index in [0.717, 1.165) is 25.6 Å². The molecular formula is C9H22N2. The van der Waals surface area contributed by atoms with E-state index < -0.39 is 0 Å². The summed E-state index contributed by atoms with van der Waals surface area (Å²) in [7, 11) is 0. The minimum Gasteiger partial charge on any atom is -0.329 e. The summed E-state index contributed by atoms with van der Waals surface area (Å²) in [6.45, 7) is 10.9. The third-order valence-corrected chi connectivity index (χ3v) is 1.92. The van der Waals surface area contributed by atoms with E-state index in [-0.39, 0.29) is 0 Å². The van der Waals surface area contributed by atoms with Crippen LogP contribution in [0.1, 0.15) is 27.2 Å². The van der Waals surface area contributed by atoms with Crippen LogP contribution in [-0.4, -0.2) is 31.1 Å². The number of likely N-dealkylation sites (N-methyl/N-ethyl adjacent to an activating group) is 1. The highest BCUT2D eigenvalue weighted by Crippen LogP contribution is 2.00. The monoisotopic (exact) mass is 158 g/mol. The second-order valence-corrected chi connectivity index (χ2v) is 3.41. The highest BCUT2D eigenvalue weighted by Gasteiger charge is 2.01. The summed E-state index contributed by atoms with van der Waals surface area (Å²) in [4.78, 5) is 2.40. The lowest BCUT2D eigenvalue weighted by molar-refractivity contribution is 0.277. The molecule has 2 N–H and O–H groups in total. The molecular weight excluding hydrogens is 136 g/mol. The Hall–Kier alpha value is -0.0800. The van der Waals surface area contributed by atoms with E-state index in [1.54, 1.807) is 0 Å². The fraction of sp³-hybridized carbons (Fsp3) is 1.00. The van der Waals surface area contributed by atoms with Crippen LogP contribution in [0, 0.1) is 5.92 Å². The van der Waals surface area contributed by atoms with Gasteiger partial charge in [-0.3, -0.25) is 0 Å². The summed E-state index contributed by atoms with van der Waals surface area (Å²) in [5, 5.41) is 0. The van der Waals surface area contributed by atoms with Crippen LogP contribution < -0.4 is 5.73 Å². The molecule has 0 fully saturated rings. The molecule has 0 spiro atoms. The van der Waals surface area contributed by atoms with Gasteiger partial charge in [0.25, 0.3) is 0 Å². The molecule has 0 radical (unpaired) electrons. The highest BCUT2D eigenvalue weighted by atomic mass is 15.1. The van der Waals surface area contributed by atoms with Crippen molar-refractivity contribution in [1.29, 1.82) is 0 Å². The van der Waals surface area contributed by atoms with Gasteiger partial charge in [-0.05, 0) is 25.4 Å². The first-order chi connectivity index (χ1) is 5.20. The van der Waals surface area contributed by atoms with Gasteiger partial charge in [0.1, 0.15) is 0 Å².